The van der Waals surface area contributed by atoms with E-state index in [1.165, 1.54) is 257 Å². The number of unbranched alkanes of at least 4 members (excludes halogenated alkanes) is 51. The lowest BCUT2D eigenvalue weighted by molar-refractivity contribution is -0.161. The lowest BCUT2D eigenvalue weighted by atomic mass is 9.99. The molecule has 0 bridgehead atoms. The fourth-order valence-electron chi connectivity index (χ4n) is 12.9. The van der Waals surface area contributed by atoms with Gasteiger partial charge < -0.3 is 33.8 Å². The number of aliphatic hydroxyl groups excluding tert-OH is 1. The number of phosphoric acid groups is 2. The molecule has 0 aromatic carbocycles. The predicted molar refractivity (Wildman–Crippen MR) is 418 cm³/mol. The van der Waals surface area contributed by atoms with Gasteiger partial charge in [0.15, 0.2) is 12.2 Å². The van der Waals surface area contributed by atoms with Crippen LogP contribution in [0.2, 0.25) is 0 Å². The van der Waals surface area contributed by atoms with Crippen molar-refractivity contribution < 1.29 is 80.2 Å². The quantitative estimate of drug-likeness (QED) is 0.0222. The first-order chi connectivity index (χ1) is 49.4. The number of carbonyl (C=O) groups excluding carboxylic acids is 4. The number of esters is 4. The molecule has 6 atom stereocenters. The molecular weight excluding hydrogens is 1330 g/mol. The van der Waals surface area contributed by atoms with E-state index in [-0.39, 0.29) is 25.7 Å². The Morgan fingerprint density at radius 2 is 0.500 bits per heavy atom. The van der Waals surface area contributed by atoms with Crippen LogP contribution in [0.1, 0.15) is 440 Å². The first-order valence-electron chi connectivity index (χ1n) is 43.0. The highest BCUT2D eigenvalue weighted by Gasteiger charge is 2.30. The van der Waals surface area contributed by atoms with Crippen molar-refractivity contribution in [3.63, 3.8) is 0 Å². The van der Waals surface area contributed by atoms with Crippen LogP contribution in [0.3, 0.4) is 0 Å². The van der Waals surface area contributed by atoms with Crippen LogP contribution in [0.25, 0.3) is 0 Å². The van der Waals surface area contributed by atoms with Crippen molar-refractivity contribution in [2.75, 3.05) is 39.6 Å². The van der Waals surface area contributed by atoms with Gasteiger partial charge in [-0.1, -0.05) is 388 Å². The van der Waals surface area contributed by atoms with Gasteiger partial charge in [-0.2, -0.15) is 0 Å². The lowest BCUT2D eigenvalue weighted by Crippen LogP contribution is -2.30. The molecule has 0 heterocycles. The molecular formula is C83H162O17P2. The van der Waals surface area contributed by atoms with Crippen LogP contribution in [0.15, 0.2) is 0 Å². The third-order valence-corrected chi connectivity index (χ3v) is 21.7. The van der Waals surface area contributed by atoms with E-state index in [1.54, 1.807) is 0 Å². The third-order valence-electron chi connectivity index (χ3n) is 19.8. The van der Waals surface area contributed by atoms with Crippen molar-refractivity contribution in [1.29, 1.82) is 0 Å². The van der Waals surface area contributed by atoms with E-state index >= 15 is 0 Å². The molecule has 0 saturated heterocycles. The zero-order valence-electron chi connectivity index (χ0n) is 66.9. The number of phosphoric ester groups is 2. The first kappa shape index (κ1) is 100. The van der Waals surface area contributed by atoms with Crippen LogP contribution >= 0.6 is 15.6 Å². The first-order valence-corrected chi connectivity index (χ1v) is 46.0. The second-order valence-electron chi connectivity index (χ2n) is 30.6. The highest BCUT2D eigenvalue weighted by molar-refractivity contribution is 7.47. The molecule has 0 amide bonds. The number of ether oxygens (including phenoxy) is 4. The average molecular weight is 1490 g/mol. The molecule has 102 heavy (non-hydrogen) atoms. The van der Waals surface area contributed by atoms with Gasteiger partial charge in [0.2, 0.25) is 0 Å². The van der Waals surface area contributed by atoms with Crippen molar-refractivity contribution in [2.45, 2.75) is 458 Å². The number of carbonyl (C=O) groups is 4. The maximum absolute atomic E-state index is 13.1. The van der Waals surface area contributed by atoms with Crippen molar-refractivity contribution in [3.05, 3.63) is 0 Å². The molecule has 0 saturated carbocycles. The van der Waals surface area contributed by atoms with Crippen LogP contribution in [0.4, 0.5) is 0 Å². The molecule has 3 unspecified atom stereocenters. The minimum Gasteiger partial charge on any atom is -0.462 e. The zero-order valence-corrected chi connectivity index (χ0v) is 68.7. The monoisotopic (exact) mass is 1490 g/mol. The maximum Gasteiger partial charge on any atom is 0.472 e. The summed E-state index contributed by atoms with van der Waals surface area (Å²) in [6.07, 6.45) is 65.1. The van der Waals surface area contributed by atoms with Gasteiger partial charge in [0.1, 0.15) is 19.3 Å². The number of aliphatic hydroxyl groups is 1. The Labute approximate surface area is 626 Å². The van der Waals surface area contributed by atoms with E-state index < -0.39 is 97.5 Å². The zero-order chi connectivity index (χ0) is 74.9. The van der Waals surface area contributed by atoms with E-state index in [9.17, 15) is 43.2 Å². The summed E-state index contributed by atoms with van der Waals surface area (Å²) in [6, 6.07) is 0. The smallest absolute Gasteiger partial charge is 0.462 e. The Morgan fingerprint density at radius 1 is 0.284 bits per heavy atom. The number of hydrogen-bond donors (Lipinski definition) is 3. The van der Waals surface area contributed by atoms with Crippen LogP contribution in [0, 0.1) is 11.8 Å². The molecule has 0 aliphatic carbocycles. The van der Waals surface area contributed by atoms with Gasteiger partial charge in [-0.15, -0.1) is 0 Å². The summed E-state index contributed by atoms with van der Waals surface area (Å²) < 4.78 is 68.8. The van der Waals surface area contributed by atoms with Gasteiger partial charge in [-0.25, -0.2) is 9.13 Å². The van der Waals surface area contributed by atoms with Crippen molar-refractivity contribution in [2.24, 2.45) is 11.8 Å². The number of rotatable bonds is 82. The summed E-state index contributed by atoms with van der Waals surface area (Å²) in [6.45, 7) is 9.70. The Bertz CT molecular complexity index is 1960. The van der Waals surface area contributed by atoms with Crippen molar-refractivity contribution in [3.8, 4) is 0 Å². The molecule has 0 fully saturated rings. The summed E-state index contributed by atoms with van der Waals surface area (Å²) >= 11 is 0. The Kier molecular flexibility index (Phi) is 73.1. The summed E-state index contributed by atoms with van der Waals surface area (Å²) in [5, 5.41) is 10.7. The van der Waals surface area contributed by atoms with Crippen molar-refractivity contribution >= 4 is 39.5 Å². The minimum atomic E-state index is -4.96. The van der Waals surface area contributed by atoms with E-state index in [0.29, 0.717) is 25.7 Å². The van der Waals surface area contributed by atoms with Gasteiger partial charge in [-0.05, 0) is 37.5 Å². The van der Waals surface area contributed by atoms with Crippen LogP contribution < -0.4 is 0 Å². The van der Waals surface area contributed by atoms with Gasteiger partial charge in [0, 0.05) is 25.7 Å². The Hall–Kier alpha value is -1.94. The molecule has 0 aliphatic rings. The van der Waals surface area contributed by atoms with Gasteiger partial charge in [0.25, 0.3) is 0 Å². The fraction of sp³-hybridized carbons (Fsp3) is 0.952. The Balaban J connectivity index is 5.23. The molecule has 0 spiro atoms. The second-order valence-corrected chi connectivity index (χ2v) is 33.5. The highest BCUT2D eigenvalue weighted by atomic mass is 31.2. The molecule has 3 N–H and O–H groups in total. The molecule has 0 radical (unpaired) electrons. The van der Waals surface area contributed by atoms with Gasteiger partial charge >= 0.3 is 39.5 Å². The fourth-order valence-corrected chi connectivity index (χ4v) is 14.4. The van der Waals surface area contributed by atoms with E-state index in [0.717, 1.165) is 102 Å². The average Bonchev–Trinajstić information content (AvgIpc) is 0.910. The minimum absolute atomic E-state index is 0.108. The number of hydrogen-bond acceptors (Lipinski definition) is 15. The topological polar surface area (TPSA) is 237 Å². The molecule has 0 rings (SSSR count). The second kappa shape index (κ2) is 74.5. The van der Waals surface area contributed by atoms with E-state index in [2.05, 4.69) is 41.5 Å². The molecule has 606 valence electrons. The molecule has 19 heteroatoms. The summed E-state index contributed by atoms with van der Waals surface area (Å²) in [5.41, 5.74) is 0. The van der Waals surface area contributed by atoms with E-state index in [4.69, 9.17) is 37.0 Å². The van der Waals surface area contributed by atoms with Crippen LogP contribution in [-0.4, -0.2) is 96.7 Å². The third kappa shape index (κ3) is 74.9. The molecule has 17 nitrogen and oxygen atoms in total. The molecule has 0 aromatic rings. The molecule has 0 aliphatic heterocycles. The van der Waals surface area contributed by atoms with Crippen molar-refractivity contribution in [1.82, 2.24) is 0 Å². The summed E-state index contributed by atoms with van der Waals surface area (Å²) in [5.74, 6) is -0.489. The standard InChI is InChI=1S/C83H162O17P2/c1-7-10-12-14-16-18-20-22-27-32-35-41-47-53-59-65-80(85)93-71-78(99-83(88)68-62-56-50-43-37-33-29-26-24-23-25-28-31-34-40-46-52-58-64-76(6)9-3)73-97-101(89,90)95-69-77(84)70-96-102(91,92)98-74-79(72-94-81(86)66-60-54-48-44-38-39-45-51-57-63-75(4)5)100-82(87)67-61-55-49-42-36-30-21-19-17-15-13-11-8-2/h75-79,84H,7-74H2,1-6H3,(H,89,90)(H,91,92)/t76?,77-,78-,79-/m1/s1. The molecule has 0 aromatic heterocycles. The Morgan fingerprint density at radius 3 is 0.745 bits per heavy atom. The van der Waals surface area contributed by atoms with Gasteiger partial charge in [0.05, 0.1) is 26.4 Å². The summed E-state index contributed by atoms with van der Waals surface area (Å²) in [7, 11) is -9.92. The highest BCUT2D eigenvalue weighted by Crippen LogP contribution is 2.45. The summed E-state index contributed by atoms with van der Waals surface area (Å²) in [4.78, 5) is 73.1. The van der Waals surface area contributed by atoms with Crippen LogP contribution in [-0.2, 0) is 65.4 Å². The predicted octanol–water partition coefficient (Wildman–Crippen LogP) is 25.1. The maximum atomic E-state index is 13.1. The normalized spacial score (nSPS) is 14.1. The SMILES string of the molecule is CCCCCCCCCCCCCCCCCC(=O)OC[C@H](COP(=O)(O)OC[C@@H](O)COP(=O)(O)OC[C@@H](COC(=O)CCCCCCCCCCCC(C)C)OC(=O)CCCCCCCCCCCCCCC)OC(=O)CCCCCCCCCCCCCCCCCCCCC(C)CC. The van der Waals surface area contributed by atoms with E-state index in [1.807, 2.05) is 0 Å². The van der Waals surface area contributed by atoms with Gasteiger partial charge in [-0.3, -0.25) is 37.3 Å². The lowest BCUT2D eigenvalue weighted by Gasteiger charge is -2.21. The van der Waals surface area contributed by atoms with Crippen LogP contribution in [0.5, 0.6) is 0 Å². The largest absolute Gasteiger partial charge is 0.472 e.